The van der Waals surface area contributed by atoms with Crippen molar-refractivity contribution >= 4 is 8.80 Å². The van der Waals surface area contributed by atoms with Gasteiger partial charge in [0.2, 0.25) is 0 Å². The second-order valence-corrected chi connectivity index (χ2v) is 6.27. The second kappa shape index (κ2) is 4.31. The number of hydrogen-bond acceptors (Lipinski definition) is 5. The molecule has 0 bridgehead atoms. The van der Waals surface area contributed by atoms with Gasteiger partial charge in [0.1, 0.15) is 0 Å². The lowest BCUT2D eigenvalue weighted by Gasteiger charge is -2.37. The van der Waals surface area contributed by atoms with Gasteiger partial charge < -0.3 is 24.7 Å². The van der Waals surface area contributed by atoms with Crippen LogP contribution in [-0.2, 0) is 13.3 Å². The third-order valence-corrected chi connectivity index (χ3v) is 5.15. The van der Waals surface area contributed by atoms with E-state index in [1.165, 1.54) is 21.3 Å². The van der Waals surface area contributed by atoms with E-state index in [2.05, 4.69) is 0 Å². The summed E-state index contributed by atoms with van der Waals surface area (Å²) < 4.78 is 15.5. The van der Waals surface area contributed by atoms with Crippen molar-refractivity contribution in [2.45, 2.75) is 12.1 Å². The summed E-state index contributed by atoms with van der Waals surface area (Å²) in [4.78, 5) is 0. The Morgan fingerprint density at radius 2 is 1.50 bits per heavy atom. The van der Waals surface area contributed by atoms with E-state index >= 15 is 0 Å². The summed E-state index contributed by atoms with van der Waals surface area (Å²) in [5.41, 5.74) is 11.4. The Labute approximate surface area is 74.3 Å². The van der Waals surface area contributed by atoms with Crippen LogP contribution in [0.15, 0.2) is 0 Å². The normalized spacial score (nSPS) is 17.5. The molecule has 5 nitrogen and oxygen atoms in total. The molecule has 0 saturated heterocycles. The van der Waals surface area contributed by atoms with Gasteiger partial charge >= 0.3 is 8.80 Å². The molecule has 1 atom stereocenters. The molecule has 4 N–H and O–H groups in total. The summed E-state index contributed by atoms with van der Waals surface area (Å²) >= 11 is 0. The predicted octanol–water partition coefficient (Wildman–Crippen LogP) is -0.920. The highest BCUT2D eigenvalue weighted by Crippen LogP contribution is 2.18. The molecule has 0 aromatic carbocycles. The summed E-state index contributed by atoms with van der Waals surface area (Å²) in [7, 11) is 1.75. The van der Waals surface area contributed by atoms with E-state index in [1.54, 1.807) is 6.92 Å². The first kappa shape index (κ1) is 12.0. The first-order chi connectivity index (χ1) is 5.49. The van der Waals surface area contributed by atoms with Gasteiger partial charge in [-0.05, 0) is 6.92 Å². The fourth-order valence-electron chi connectivity index (χ4n) is 1.07. The second-order valence-electron chi connectivity index (χ2n) is 2.79. The summed E-state index contributed by atoms with van der Waals surface area (Å²) in [5.74, 6) is 0. The van der Waals surface area contributed by atoms with E-state index in [0.29, 0.717) is 0 Å². The molecular formula is C6H18N2O3Si. The smallest absolute Gasteiger partial charge is 0.376 e. The largest absolute Gasteiger partial charge is 0.522 e. The molecule has 1 unspecified atom stereocenters. The van der Waals surface area contributed by atoms with Crippen LogP contribution in [0, 0.1) is 0 Å². The minimum absolute atomic E-state index is 0.259. The first-order valence-corrected chi connectivity index (χ1v) is 5.36. The lowest BCUT2D eigenvalue weighted by molar-refractivity contribution is 0.0965. The molecule has 0 aliphatic heterocycles. The molecule has 0 aromatic rings. The van der Waals surface area contributed by atoms with Crippen LogP contribution in [-0.4, -0.2) is 41.8 Å². The van der Waals surface area contributed by atoms with Crippen molar-refractivity contribution in [1.82, 2.24) is 0 Å². The van der Waals surface area contributed by atoms with Crippen LogP contribution in [0.2, 0.25) is 0 Å². The lowest BCUT2D eigenvalue weighted by atomic mass is 10.4. The average Bonchev–Trinajstić information content (AvgIpc) is 2.08. The maximum atomic E-state index is 5.89. The van der Waals surface area contributed by atoms with E-state index in [9.17, 15) is 0 Å². The quantitative estimate of drug-likeness (QED) is 0.553. The fraction of sp³-hybridized carbons (Fsp3) is 1.00. The Morgan fingerprint density at radius 1 is 1.17 bits per heavy atom. The number of hydrogen-bond donors (Lipinski definition) is 2. The maximum absolute atomic E-state index is 5.89. The third-order valence-electron chi connectivity index (χ3n) is 1.93. The zero-order valence-electron chi connectivity index (χ0n) is 8.09. The number of rotatable bonds is 5. The Kier molecular flexibility index (Phi) is 4.31. The molecule has 0 radical (unpaired) electrons. The van der Waals surface area contributed by atoms with E-state index in [1.807, 2.05) is 0 Å². The van der Waals surface area contributed by atoms with Crippen molar-refractivity contribution in [2.75, 3.05) is 27.9 Å². The molecule has 74 valence electrons. The van der Waals surface area contributed by atoms with Crippen LogP contribution in [0.3, 0.4) is 0 Å². The van der Waals surface area contributed by atoms with Crippen LogP contribution in [0.25, 0.3) is 0 Å². The van der Waals surface area contributed by atoms with Gasteiger partial charge in [0, 0.05) is 27.9 Å². The zero-order chi connectivity index (χ0) is 9.83. The Balaban J connectivity index is 4.69. The molecule has 0 spiro atoms. The van der Waals surface area contributed by atoms with Crippen molar-refractivity contribution in [1.29, 1.82) is 0 Å². The molecule has 0 aliphatic carbocycles. The maximum Gasteiger partial charge on any atom is 0.522 e. The van der Waals surface area contributed by atoms with Gasteiger partial charge in [-0.2, -0.15) is 0 Å². The van der Waals surface area contributed by atoms with Crippen molar-refractivity contribution in [3.63, 3.8) is 0 Å². The minimum Gasteiger partial charge on any atom is -0.376 e. The Morgan fingerprint density at radius 3 is 1.58 bits per heavy atom. The Hall–Kier alpha value is 0.0169. The SMILES string of the molecule is CO[Si](OC)(OC)C(C)(N)CN. The van der Waals surface area contributed by atoms with Crippen LogP contribution in [0.1, 0.15) is 6.92 Å². The van der Waals surface area contributed by atoms with Crippen molar-refractivity contribution in [2.24, 2.45) is 11.5 Å². The van der Waals surface area contributed by atoms with Crippen molar-refractivity contribution in [3.05, 3.63) is 0 Å². The lowest BCUT2D eigenvalue weighted by Crippen LogP contribution is -2.70. The van der Waals surface area contributed by atoms with E-state index in [0.717, 1.165) is 0 Å². The molecule has 0 heterocycles. The highest BCUT2D eigenvalue weighted by Gasteiger charge is 2.53. The summed E-state index contributed by atoms with van der Waals surface area (Å²) in [6.45, 7) is 2.02. The molecule has 0 rings (SSSR count). The molecular weight excluding hydrogens is 176 g/mol. The Bertz CT molecular complexity index is 130. The van der Waals surface area contributed by atoms with Crippen molar-refractivity contribution < 1.29 is 13.3 Å². The standard InChI is InChI=1S/C6H18N2O3Si/c1-6(8,5-7)12(9-2,10-3)11-4/h5,7-8H2,1-4H3. The van der Waals surface area contributed by atoms with Gasteiger partial charge in [0.15, 0.2) is 0 Å². The first-order valence-electron chi connectivity index (χ1n) is 3.64. The minimum atomic E-state index is -2.79. The molecule has 0 saturated carbocycles. The summed E-state index contributed by atoms with van der Waals surface area (Å²) in [5, 5.41) is -0.745. The van der Waals surface area contributed by atoms with Gasteiger partial charge in [0.05, 0.1) is 5.16 Å². The molecule has 12 heavy (non-hydrogen) atoms. The van der Waals surface area contributed by atoms with Gasteiger partial charge in [0.25, 0.3) is 0 Å². The van der Waals surface area contributed by atoms with Crippen LogP contribution in [0.4, 0.5) is 0 Å². The van der Waals surface area contributed by atoms with Gasteiger partial charge in [-0.15, -0.1) is 0 Å². The van der Waals surface area contributed by atoms with Gasteiger partial charge in [-0.3, -0.25) is 0 Å². The molecule has 0 fully saturated rings. The van der Waals surface area contributed by atoms with Crippen LogP contribution >= 0.6 is 0 Å². The van der Waals surface area contributed by atoms with Gasteiger partial charge in [-0.25, -0.2) is 0 Å². The van der Waals surface area contributed by atoms with E-state index in [4.69, 9.17) is 24.7 Å². The van der Waals surface area contributed by atoms with Gasteiger partial charge in [-0.1, -0.05) is 0 Å². The van der Waals surface area contributed by atoms with E-state index in [-0.39, 0.29) is 6.54 Å². The fourth-order valence-corrected chi connectivity index (χ4v) is 3.22. The highest BCUT2D eigenvalue weighted by atomic mass is 28.4. The summed E-state index contributed by atoms with van der Waals surface area (Å²) in [6.07, 6.45) is 0. The highest BCUT2D eigenvalue weighted by molar-refractivity contribution is 6.64. The third kappa shape index (κ3) is 1.84. The van der Waals surface area contributed by atoms with Crippen molar-refractivity contribution in [3.8, 4) is 0 Å². The van der Waals surface area contributed by atoms with E-state index < -0.39 is 14.0 Å². The number of nitrogens with two attached hydrogens (primary N) is 2. The predicted molar refractivity (Wildman–Crippen MR) is 48.4 cm³/mol. The molecule has 0 aliphatic rings. The monoisotopic (exact) mass is 194 g/mol. The molecule has 0 amide bonds. The topological polar surface area (TPSA) is 79.7 Å². The zero-order valence-corrected chi connectivity index (χ0v) is 9.09. The molecule has 0 aromatic heterocycles. The average molecular weight is 194 g/mol. The molecule has 6 heteroatoms. The van der Waals surface area contributed by atoms with Crippen LogP contribution < -0.4 is 11.5 Å². The van der Waals surface area contributed by atoms with Crippen LogP contribution in [0.5, 0.6) is 0 Å². The summed E-state index contributed by atoms with van der Waals surface area (Å²) in [6, 6.07) is 0.